The summed E-state index contributed by atoms with van der Waals surface area (Å²) in [6.07, 6.45) is 0. The Morgan fingerprint density at radius 1 is 1.26 bits per heavy atom. The fourth-order valence-electron chi connectivity index (χ4n) is 1.78. The average molecular weight is 264 g/mol. The van der Waals surface area contributed by atoms with E-state index in [0.717, 1.165) is 5.69 Å². The minimum atomic E-state index is -1.02. The smallest absolute Gasteiger partial charge is 0.326 e. The third kappa shape index (κ3) is 3.98. The molecule has 2 amide bonds. The van der Waals surface area contributed by atoms with Crippen LogP contribution in [0, 0.1) is 5.92 Å². The molecule has 0 aliphatic carbocycles. The lowest BCUT2D eigenvalue weighted by Gasteiger charge is -2.25. The van der Waals surface area contributed by atoms with Crippen molar-refractivity contribution >= 4 is 17.7 Å². The molecule has 104 valence electrons. The molecule has 5 nitrogen and oxygen atoms in total. The second-order valence-electron chi connectivity index (χ2n) is 4.59. The Bertz CT molecular complexity index is 432. The van der Waals surface area contributed by atoms with Crippen LogP contribution in [0.2, 0.25) is 0 Å². The molecule has 0 bridgehead atoms. The van der Waals surface area contributed by atoms with Crippen molar-refractivity contribution in [2.75, 3.05) is 11.4 Å². The SMILES string of the molecule is CCN(C(=O)NC(C(=O)O)C(C)C)c1ccccc1. The molecule has 1 aromatic carbocycles. The van der Waals surface area contributed by atoms with Gasteiger partial charge in [-0.15, -0.1) is 0 Å². The summed E-state index contributed by atoms with van der Waals surface area (Å²) in [5, 5.41) is 11.6. The Morgan fingerprint density at radius 2 is 1.84 bits per heavy atom. The predicted octanol–water partition coefficient (Wildman–Crippen LogP) is 2.33. The van der Waals surface area contributed by atoms with Crippen molar-refractivity contribution in [3.63, 3.8) is 0 Å². The third-order valence-electron chi connectivity index (χ3n) is 2.84. The van der Waals surface area contributed by atoms with Crippen LogP contribution in [0.1, 0.15) is 20.8 Å². The number of hydrogen-bond donors (Lipinski definition) is 2. The molecule has 0 spiro atoms. The first-order chi connectivity index (χ1) is 8.97. The molecule has 1 atom stereocenters. The molecular weight excluding hydrogens is 244 g/mol. The molecule has 1 aromatic rings. The first kappa shape index (κ1) is 15.0. The van der Waals surface area contributed by atoms with E-state index in [0.29, 0.717) is 6.54 Å². The molecule has 19 heavy (non-hydrogen) atoms. The van der Waals surface area contributed by atoms with E-state index in [4.69, 9.17) is 5.11 Å². The molecule has 0 radical (unpaired) electrons. The molecule has 5 heteroatoms. The van der Waals surface area contributed by atoms with E-state index < -0.39 is 18.0 Å². The van der Waals surface area contributed by atoms with E-state index >= 15 is 0 Å². The monoisotopic (exact) mass is 264 g/mol. The summed E-state index contributed by atoms with van der Waals surface area (Å²) in [7, 11) is 0. The van der Waals surface area contributed by atoms with Gasteiger partial charge in [-0.25, -0.2) is 9.59 Å². The molecule has 0 saturated carbocycles. The quantitative estimate of drug-likeness (QED) is 0.857. The van der Waals surface area contributed by atoms with Gasteiger partial charge in [-0.2, -0.15) is 0 Å². The van der Waals surface area contributed by atoms with Gasteiger partial charge in [-0.05, 0) is 25.0 Å². The number of anilines is 1. The summed E-state index contributed by atoms with van der Waals surface area (Å²) in [6.45, 7) is 5.84. The number of carboxylic acids is 1. The Labute approximate surface area is 113 Å². The van der Waals surface area contributed by atoms with Crippen LogP contribution >= 0.6 is 0 Å². The highest BCUT2D eigenvalue weighted by Gasteiger charge is 2.25. The maximum absolute atomic E-state index is 12.1. The summed E-state index contributed by atoms with van der Waals surface area (Å²) in [5.41, 5.74) is 0.746. The van der Waals surface area contributed by atoms with Crippen molar-refractivity contribution in [2.45, 2.75) is 26.8 Å². The molecule has 2 N–H and O–H groups in total. The fraction of sp³-hybridized carbons (Fsp3) is 0.429. The van der Waals surface area contributed by atoms with E-state index in [9.17, 15) is 9.59 Å². The van der Waals surface area contributed by atoms with Crippen molar-refractivity contribution in [3.05, 3.63) is 30.3 Å². The molecule has 0 saturated heterocycles. The summed E-state index contributed by atoms with van der Waals surface area (Å²) in [4.78, 5) is 24.7. The summed E-state index contributed by atoms with van der Waals surface area (Å²) >= 11 is 0. The lowest BCUT2D eigenvalue weighted by Crippen LogP contribution is -2.50. The van der Waals surface area contributed by atoms with Gasteiger partial charge < -0.3 is 10.4 Å². The van der Waals surface area contributed by atoms with Crippen LogP contribution in [-0.2, 0) is 4.79 Å². The number of urea groups is 1. The minimum Gasteiger partial charge on any atom is -0.480 e. The van der Waals surface area contributed by atoms with E-state index in [1.54, 1.807) is 13.8 Å². The van der Waals surface area contributed by atoms with E-state index in [1.165, 1.54) is 4.90 Å². The van der Waals surface area contributed by atoms with Crippen molar-refractivity contribution in [3.8, 4) is 0 Å². The van der Waals surface area contributed by atoms with Crippen LogP contribution in [0.4, 0.5) is 10.5 Å². The lowest BCUT2D eigenvalue weighted by atomic mass is 10.1. The summed E-state index contributed by atoms with van der Waals surface area (Å²) in [5.74, 6) is -1.19. The van der Waals surface area contributed by atoms with Gasteiger partial charge >= 0.3 is 12.0 Å². The van der Waals surface area contributed by atoms with Crippen LogP contribution in [0.5, 0.6) is 0 Å². The highest BCUT2D eigenvalue weighted by molar-refractivity contribution is 5.94. The number of benzene rings is 1. The molecule has 1 unspecified atom stereocenters. The number of amides is 2. The first-order valence-corrected chi connectivity index (χ1v) is 6.33. The number of nitrogens with one attached hydrogen (secondary N) is 1. The lowest BCUT2D eigenvalue weighted by molar-refractivity contribution is -0.140. The van der Waals surface area contributed by atoms with Gasteiger partial charge in [0, 0.05) is 12.2 Å². The second-order valence-corrected chi connectivity index (χ2v) is 4.59. The standard InChI is InChI=1S/C14H20N2O3/c1-4-16(11-8-6-5-7-9-11)14(19)15-12(10(2)3)13(17)18/h5-10,12H,4H2,1-3H3,(H,15,19)(H,17,18). The second kappa shape index (κ2) is 6.78. The zero-order valence-electron chi connectivity index (χ0n) is 11.5. The Balaban J connectivity index is 2.83. The van der Waals surface area contributed by atoms with Gasteiger partial charge in [0.1, 0.15) is 6.04 Å². The van der Waals surface area contributed by atoms with Gasteiger partial charge in [-0.3, -0.25) is 4.90 Å². The fourth-order valence-corrected chi connectivity index (χ4v) is 1.78. The van der Waals surface area contributed by atoms with E-state index in [2.05, 4.69) is 5.32 Å². The summed E-state index contributed by atoms with van der Waals surface area (Å²) in [6, 6.07) is 7.89. The molecule has 0 heterocycles. The van der Waals surface area contributed by atoms with Crippen LogP contribution < -0.4 is 10.2 Å². The van der Waals surface area contributed by atoms with Crippen LogP contribution in [0.3, 0.4) is 0 Å². The number of rotatable bonds is 5. The molecule has 0 aromatic heterocycles. The Morgan fingerprint density at radius 3 is 2.26 bits per heavy atom. The van der Waals surface area contributed by atoms with Crippen molar-refractivity contribution in [2.24, 2.45) is 5.92 Å². The van der Waals surface area contributed by atoms with Gasteiger partial charge in [0.2, 0.25) is 0 Å². The molecule has 0 aliphatic heterocycles. The van der Waals surface area contributed by atoms with Crippen LogP contribution in [0.25, 0.3) is 0 Å². The number of aliphatic carboxylic acids is 1. The Kier molecular flexibility index (Phi) is 5.36. The highest BCUT2D eigenvalue weighted by Crippen LogP contribution is 2.13. The maximum Gasteiger partial charge on any atom is 0.326 e. The molecule has 0 aliphatic rings. The molecular formula is C14H20N2O3. The topological polar surface area (TPSA) is 69.6 Å². The highest BCUT2D eigenvalue weighted by atomic mass is 16.4. The van der Waals surface area contributed by atoms with Crippen LogP contribution in [0.15, 0.2) is 30.3 Å². The number of carboxylic acid groups (broad SMARTS) is 1. The number of carbonyl (C=O) groups excluding carboxylic acids is 1. The van der Waals surface area contributed by atoms with Gasteiger partial charge in [-0.1, -0.05) is 32.0 Å². The first-order valence-electron chi connectivity index (χ1n) is 6.33. The van der Waals surface area contributed by atoms with Crippen molar-refractivity contribution in [1.82, 2.24) is 5.32 Å². The van der Waals surface area contributed by atoms with Crippen molar-refractivity contribution < 1.29 is 14.7 Å². The number of nitrogens with zero attached hydrogens (tertiary/aromatic N) is 1. The Hall–Kier alpha value is -2.04. The minimum absolute atomic E-state index is 0.170. The summed E-state index contributed by atoms with van der Waals surface area (Å²) < 4.78 is 0. The zero-order chi connectivity index (χ0) is 14.4. The molecule has 0 fully saturated rings. The van der Waals surface area contributed by atoms with E-state index in [1.807, 2.05) is 37.3 Å². The van der Waals surface area contributed by atoms with E-state index in [-0.39, 0.29) is 5.92 Å². The number of hydrogen-bond acceptors (Lipinski definition) is 2. The largest absolute Gasteiger partial charge is 0.480 e. The maximum atomic E-state index is 12.1. The third-order valence-corrected chi connectivity index (χ3v) is 2.84. The average Bonchev–Trinajstić information content (AvgIpc) is 2.37. The van der Waals surface area contributed by atoms with Crippen molar-refractivity contribution in [1.29, 1.82) is 0 Å². The van der Waals surface area contributed by atoms with Gasteiger partial charge in [0.15, 0.2) is 0 Å². The number of carbonyl (C=O) groups is 2. The van der Waals surface area contributed by atoms with Gasteiger partial charge in [0.25, 0.3) is 0 Å². The van der Waals surface area contributed by atoms with Gasteiger partial charge in [0.05, 0.1) is 0 Å². The molecule has 1 rings (SSSR count). The predicted molar refractivity (Wildman–Crippen MR) is 74.3 cm³/mol. The number of para-hydroxylation sites is 1. The van der Waals surface area contributed by atoms with Crippen LogP contribution in [-0.4, -0.2) is 29.7 Å². The zero-order valence-corrected chi connectivity index (χ0v) is 11.5. The normalized spacial score (nSPS) is 12.0.